The lowest BCUT2D eigenvalue weighted by Crippen LogP contribution is -2.39. The van der Waals surface area contributed by atoms with Gasteiger partial charge in [-0.05, 0) is 55.2 Å². The van der Waals surface area contributed by atoms with Crippen LogP contribution in [-0.2, 0) is 17.4 Å². The summed E-state index contributed by atoms with van der Waals surface area (Å²) < 4.78 is 43.9. The fourth-order valence-electron chi connectivity index (χ4n) is 4.07. The van der Waals surface area contributed by atoms with Gasteiger partial charge in [-0.3, -0.25) is 4.79 Å². The molecule has 8 heteroatoms. The van der Waals surface area contributed by atoms with E-state index in [-0.39, 0.29) is 11.8 Å². The number of nitrogens with one attached hydrogen (secondary N) is 1. The zero-order valence-corrected chi connectivity index (χ0v) is 17.2. The lowest BCUT2D eigenvalue weighted by Gasteiger charge is -2.32. The van der Waals surface area contributed by atoms with Crippen LogP contribution in [-0.4, -0.2) is 41.0 Å². The van der Waals surface area contributed by atoms with Gasteiger partial charge in [0.25, 0.3) is 0 Å². The minimum Gasteiger partial charge on any atom is -0.497 e. The first kappa shape index (κ1) is 21.2. The standard InChI is InChI=1S/C23H24F3N3O2/c1-31-17-7-4-15(5-8-17)6-11-22(30)29-12-2-3-16(14-29)19-13-20-18(27-19)9-10-21(28-20)23(24,25)26/h4-5,7-10,13,16,27H,2-3,6,11-12,14H2,1H3. The van der Waals surface area contributed by atoms with Crippen LogP contribution >= 0.6 is 0 Å². The number of amides is 1. The van der Waals surface area contributed by atoms with E-state index in [0.717, 1.165) is 35.9 Å². The van der Waals surface area contributed by atoms with Crippen LogP contribution < -0.4 is 4.74 Å². The number of benzene rings is 1. The summed E-state index contributed by atoms with van der Waals surface area (Å²) in [6.45, 7) is 1.26. The summed E-state index contributed by atoms with van der Waals surface area (Å²) in [5.41, 5.74) is 1.88. The number of ether oxygens (including phenoxy) is 1. The van der Waals surface area contributed by atoms with E-state index in [2.05, 4.69) is 9.97 Å². The summed E-state index contributed by atoms with van der Waals surface area (Å²) in [5.74, 6) is 0.931. The van der Waals surface area contributed by atoms with Gasteiger partial charge in [-0.2, -0.15) is 13.2 Å². The number of halogens is 3. The van der Waals surface area contributed by atoms with Crippen molar-refractivity contribution in [3.05, 3.63) is 59.4 Å². The smallest absolute Gasteiger partial charge is 0.433 e. The summed E-state index contributed by atoms with van der Waals surface area (Å²) in [5, 5.41) is 0. The quantitative estimate of drug-likeness (QED) is 0.623. The fourth-order valence-corrected chi connectivity index (χ4v) is 4.07. The van der Waals surface area contributed by atoms with Crippen molar-refractivity contribution in [1.82, 2.24) is 14.9 Å². The SMILES string of the molecule is COc1ccc(CCC(=O)N2CCCC(c3cc4nc(C(F)(F)F)ccc4[nH]3)C2)cc1. The average molecular weight is 431 g/mol. The highest BCUT2D eigenvalue weighted by Gasteiger charge is 2.33. The normalized spacial score (nSPS) is 17.2. The zero-order valence-electron chi connectivity index (χ0n) is 17.2. The molecule has 1 aliphatic rings. The lowest BCUT2D eigenvalue weighted by atomic mass is 9.94. The Labute approximate surface area is 178 Å². The molecule has 0 aliphatic carbocycles. The summed E-state index contributed by atoms with van der Waals surface area (Å²) in [4.78, 5) is 21.5. The molecule has 1 unspecified atom stereocenters. The summed E-state index contributed by atoms with van der Waals surface area (Å²) in [7, 11) is 1.61. The number of hydrogen-bond donors (Lipinski definition) is 1. The molecule has 0 radical (unpaired) electrons. The summed E-state index contributed by atoms with van der Waals surface area (Å²) >= 11 is 0. The van der Waals surface area contributed by atoms with E-state index in [4.69, 9.17) is 4.74 Å². The Kier molecular flexibility index (Phi) is 5.89. The number of pyridine rings is 1. The van der Waals surface area contributed by atoms with Crippen LogP contribution in [0.15, 0.2) is 42.5 Å². The van der Waals surface area contributed by atoms with Crippen molar-refractivity contribution in [3.63, 3.8) is 0 Å². The molecular weight excluding hydrogens is 407 g/mol. The number of aromatic amines is 1. The third kappa shape index (κ3) is 4.84. The Morgan fingerprint density at radius 1 is 1.23 bits per heavy atom. The molecule has 5 nitrogen and oxygen atoms in total. The monoisotopic (exact) mass is 431 g/mol. The van der Waals surface area contributed by atoms with Gasteiger partial charge >= 0.3 is 6.18 Å². The van der Waals surface area contributed by atoms with Gasteiger partial charge < -0.3 is 14.6 Å². The van der Waals surface area contributed by atoms with Crippen molar-refractivity contribution < 1.29 is 22.7 Å². The number of nitrogens with zero attached hydrogens (tertiary/aromatic N) is 2. The molecule has 3 aromatic rings. The lowest BCUT2D eigenvalue weighted by molar-refractivity contribution is -0.141. The topological polar surface area (TPSA) is 58.2 Å². The number of likely N-dealkylation sites (tertiary alicyclic amines) is 1. The molecule has 1 saturated heterocycles. The number of piperidine rings is 1. The molecule has 0 saturated carbocycles. The molecule has 1 fully saturated rings. The maximum absolute atomic E-state index is 12.9. The van der Waals surface area contributed by atoms with Crippen molar-refractivity contribution in [3.8, 4) is 5.75 Å². The number of fused-ring (bicyclic) bond motifs is 1. The molecule has 0 bridgehead atoms. The molecule has 1 aromatic carbocycles. The van der Waals surface area contributed by atoms with Crippen LogP contribution in [0.4, 0.5) is 13.2 Å². The van der Waals surface area contributed by atoms with Crippen LogP contribution in [0, 0.1) is 0 Å². The Morgan fingerprint density at radius 3 is 2.71 bits per heavy atom. The van der Waals surface area contributed by atoms with Crippen molar-refractivity contribution in [2.24, 2.45) is 0 Å². The average Bonchev–Trinajstić information content (AvgIpc) is 3.21. The Bertz CT molecular complexity index is 1060. The second-order valence-corrected chi connectivity index (χ2v) is 7.88. The van der Waals surface area contributed by atoms with E-state index in [1.807, 2.05) is 29.2 Å². The van der Waals surface area contributed by atoms with Gasteiger partial charge in [-0.25, -0.2) is 4.98 Å². The first-order valence-electron chi connectivity index (χ1n) is 10.3. The Morgan fingerprint density at radius 2 is 2.00 bits per heavy atom. The highest BCUT2D eigenvalue weighted by atomic mass is 19.4. The van der Waals surface area contributed by atoms with Crippen LogP contribution in [0.25, 0.3) is 11.0 Å². The summed E-state index contributed by atoms with van der Waals surface area (Å²) in [6, 6.07) is 11.7. The van der Waals surface area contributed by atoms with Crippen LogP contribution in [0.1, 0.15) is 42.1 Å². The number of alkyl halides is 3. The predicted octanol–water partition coefficient (Wildman–Crippen LogP) is 4.93. The molecule has 31 heavy (non-hydrogen) atoms. The number of carbonyl (C=O) groups excluding carboxylic acids is 1. The maximum atomic E-state index is 12.9. The van der Waals surface area contributed by atoms with Gasteiger partial charge in [-0.1, -0.05) is 12.1 Å². The summed E-state index contributed by atoms with van der Waals surface area (Å²) in [6.07, 6.45) is -1.66. The zero-order chi connectivity index (χ0) is 22.0. The Balaban J connectivity index is 1.41. The highest BCUT2D eigenvalue weighted by Crippen LogP contribution is 2.32. The number of H-pyrrole nitrogens is 1. The fraction of sp³-hybridized carbons (Fsp3) is 0.391. The highest BCUT2D eigenvalue weighted by molar-refractivity contribution is 5.78. The molecule has 1 atom stereocenters. The predicted molar refractivity (Wildman–Crippen MR) is 111 cm³/mol. The van der Waals surface area contributed by atoms with Crippen LogP contribution in [0.3, 0.4) is 0 Å². The van der Waals surface area contributed by atoms with Gasteiger partial charge in [-0.15, -0.1) is 0 Å². The molecular formula is C23H24F3N3O2. The van der Waals surface area contributed by atoms with E-state index in [1.165, 1.54) is 6.07 Å². The van der Waals surface area contributed by atoms with Gasteiger partial charge in [0.05, 0.1) is 18.1 Å². The van der Waals surface area contributed by atoms with Crippen molar-refractivity contribution in [2.45, 2.75) is 37.8 Å². The molecule has 4 rings (SSSR count). The van der Waals surface area contributed by atoms with E-state index in [0.29, 0.717) is 37.0 Å². The van der Waals surface area contributed by atoms with Crippen LogP contribution in [0.2, 0.25) is 0 Å². The largest absolute Gasteiger partial charge is 0.497 e. The number of aryl methyl sites for hydroxylation is 1. The molecule has 0 spiro atoms. The van der Waals surface area contributed by atoms with Gasteiger partial charge in [0.15, 0.2) is 0 Å². The van der Waals surface area contributed by atoms with Crippen molar-refractivity contribution in [2.75, 3.05) is 20.2 Å². The first-order chi connectivity index (χ1) is 14.8. The van der Waals surface area contributed by atoms with Crippen LogP contribution in [0.5, 0.6) is 5.75 Å². The third-order valence-corrected chi connectivity index (χ3v) is 5.79. The van der Waals surface area contributed by atoms with Crippen molar-refractivity contribution in [1.29, 1.82) is 0 Å². The first-order valence-corrected chi connectivity index (χ1v) is 10.3. The second-order valence-electron chi connectivity index (χ2n) is 7.88. The molecule has 1 aliphatic heterocycles. The maximum Gasteiger partial charge on any atom is 0.433 e. The Hall–Kier alpha value is -3.03. The van der Waals surface area contributed by atoms with Crippen molar-refractivity contribution >= 4 is 16.9 Å². The molecule has 2 aromatic heterocycles. The minimum absolute atomic E-state index is 0.0576. The van der Waals surface area contributed by atoms with Gasteiger partial charge in [0.2, 0.25) is 5.91 Å². The molecule has 1 amide bonds. The number of hydrogen-bond acceptors (Lipinski definition) is 3. The van der Waals surface area contributed by atoms with E-state index >= 15 is 0 Å². The number of aromatic nitrogens is 2. The van der Waals surface area contributed by atoms with Gasteiger partial charge in [0, 0.05) is 31.1 Å². The number of methoxy groups -OCH3 is 1. The third-order valence-electron chi connectivity index (χ3n) is 5.79. The van der Waals surface area contributed by atoms with E-state index < -0.39 is 11.9 Å². The van der Waals surface area contributed by atoms with E-state index in [9.17, 15) is 18.0 Å². The molecule has 164 valence electrons. The second kappa shape index (κ2) is 8.61. The minimum atomic E-state index is -4.47. The number of carbonyl (C=O) groups is 1. The number of rotatable bonds is 5. The molecule has 3 heterocycles. The molecule has 1 N–H and O–H groups in total. The van der Waals surface area contributed by atoms with Gasteiger partial charge in [0.1, 0.15) is 11.4 Å². The van der Waals surface area contributed by atoms with E-state index in [1.54, 1.807) is 13.2 Å².